The molecule has 0 bridgehead atoms. The van der Waals surface area contributed by atoms with Crippen LogP contribution in [0.4, 0.5) is 5.69 Å². The van der Waals surface area contributed by atoms with Gasteiger partial charge in [-0.1, -0.05) is 4.68 Å². The van der Waals surface area contributed by atoms with Crippen LogP contribution in [0.15, 0.2) is 5.18 Å². The molecular weight excluding hydrogens is 274 g/mol. The molecule has 1 rings (SSSR count). The number of ether oxygens (including phenoxy) is 2. The van der Waals surface area contributed by atoms with Gasteiger partial charge in [0.15, 0.2) is 6.54 Å². The Morgan fingerprint density at radius 1 is 1.45 bits per heavy atom. The summed E-state index contributed by atoms with van der Waals surface area (Å²) in [5, 5.41) is 14.2. The molecule has 1 atom stereocenters. The van der Waals surface area contributed by atoms with Crippen LogP contribution < -0.4 is 4.68 Å². The first-order chi connectivity index (χ1) is 8.96. The first-order valence-electron chi connectivity index (χ1n) is 5.29. The third-order valence-electron chi connectivity index (χ3n) is 2.50. The summed E-state index contributed by atoms with van der Waals surface area (Å²) >= 11 is 0. The van der Waals surface area contributed by atoms with Gasteiger partial charge in [-0.2, -0.15) is 5.10 Å². The molecule has 0 fully saturated rings. The van der Waals surface area contributed by atoms with Gasteiger partial charge in [-0.15, -0.1) is 4.91 Å². The molecule has 1 aromatic heterocycles. The molecule has 0 aliphatic carbocycles. The SMILES string of the molecule is COC(=O)c1[nH][n+](C[C@H](C)OC)c(C(=O)O)c1N=O.[OH-]. The molecule has 0 saturated heterocycles. The summed E-state index contributed by atoms with van der Waals surface area (Å²) in [4.78, 5) is 33.4. The molecule has 1 heterocycles. The summed E-state index contributed by atoms with van der Waals surface area (Å²) in [6.45, 7) is 1.81. The maximum atomic E-state index is 11.4. The lowest BCUT2D eigenvalue weighted by atomic mass is 10.3. The number of H-pyrrole nitrogens is 1. The molecule has 0 saturated carbocycles. The van der Waals surface area contributed by atoms with E-state index < -0.39 is 23.3 Å². The quantitative estimate of drug-likeness (QED) is 0.426. The number of aromatic carboxylic acids is 1. The molecule has 10 heteroatoms. The van der Waals surface area contributed by atoms with Crippen molar-refractivity contribution in [3.63, 3.8) is 0 Å². The Labute approximate surface area is 113 Å². The molecule has 112 valence electrons. The molecule has 0 aliphatic heterocycles. The van der Waals surface area contributed by atoms with Crippen LogP contribution in [0.2, 0.25) is 0 Å². The predicted octanol–water partition coefficient (Wildman–Crippen LogP) is 0.0430. The lowest BCUT2D eigenvalue weighted by Gasteiger charge is -2.03. The van der Waals surface area contributed by atoms with Crippen LogP contribution in [0.5, 0.6) is 0 Å². The average Bonchev–Trinajstić information content (AvgIpc) is 2.75. The van der Waals surface area contributed by atoms with E-state index in [1.165, 1.54) is 7.11 Å². The van der Waals surface area contributed by atoms with Crippen LogP contribution in [0.1, 0.15) is 27.9 Å². The van der Waals surface area contributed by atoms with Gasteiger partial charge in [0.1, 0.15) is 6.10 Å². The molecule has 10 nitrogen and oxygen atoms in total. The number of nitroso groups, excluding NO2 is 1. The number of aromatic nitrogens is 2. The van der Waals surface area contributed by atoms with Crippen molar-refractivity contribution in [2.45, 2.75) is 19.6 Å². The number of rotatable bonds is 6. The summed E-state index contributed by atoms with van der Waals surface area (Å²) in [6.07, 6.45) is -0.327. The third-order valence-corrected chi connectivity index (χ3v) is 2.50. The molecule has 0 unspecified atom stereocenters. The number of aromatic amines is 1. The van der Waals surface area contributed by atoms with E-state index in [0.717, 1.165) is 11.8 Å². The normalized spacial score (nSPS) is 11.3. The lowest BCUT2D eigenvalue weighted by molar-refractivity contribution is -0.757. The monoisotopic (exact) mass is 289 g/mol. The number of esters is 1. The highest BCUT2D eigenvalue weighted by Crippen LogP contribution is 2.21. The van der Waals surface area contributed by atoms with Crippen LogP contribution >= 0.6 is 0 Å². The Balaban J connectivity index is 0.00000361. The van der Waals surface area contributed by atoms with Crippen molar-refractivity contribution in [1.29, 1.82) is 0 Å². The Hall–Kier alpha value is -2.33. The van der Waals surface area contributed by atoms with Crippen LogP contribution in [0, 0.1) is 4.91 Å². The van der Waals surface area contributed by atoms with E-state index in [1.807, 2.05) is 0 Å². The number of nitrogens with zero attached hydrogens (tertiary/aromatic N) is 2. The van der Waals surface area contributed by atoms with E-state index in [9.17, 15) is 14.5 Å². The van der Waals surface area contributed by atoms with Crippen molar-refractivity contribution < 1.29 is 34.3 Å². The Morgan fingerprint density at radius 3 is 2.45 bits per heavy atom. The average molecular weight is 289 g/mol. The van der Waals surface area contributed by atoms with Crippen molar-refractivity contribution in [1.82, 2.24) is 5.10 Å². The number of nitrogens with one attached hydrogen (secondary N) is 1. The van der Waals surface area contributed by atoms with E-state index in [4.69, 9.17) is 9.84 Å². The molecule has 0 amide bonds. The summed E-state index contributed by atoms with van der Waals surface area (Å²) in [5.74, 6) is -2.26. The summed E-state index contributed by atoms with van der Waals surface area (Å²) in [6, 6.07) is 0. The van der Waals surface area contributed by atoms with Crippen LogP contribution in [-0.4, -0.2) is 47.9 Å². The van der Waals surface area contributed by atoms with Gasteiger partial charge in [0.2, 0.25) is 11.4 Å². The number of hydrogen-bond donors (Lipinski definition) is 2. The second-order valence-corrected chi connectivity index (χ2v) is 3.73. The van der Waals surface area contributed by atoms with E-state index >= 15 is 0 Å². The van der Waals surface area contributed by atoms with Gasteiger partial charge in [-0.3, -0.25) is 0 Å². The molecule has 0 radical (unpaired) electrons. The summed E-state index contributed by atoms with van der Waals surface area (Å²) in [5.41, 5.74) is -1.22. The molecule has 20 heavy (non-hydrogen) atoms. The first-order valence-corrected chi connectivity index (χ1v) is 5.29. The minimum absolute atomic E-state index is 0. The van der Waals surface area contributed by atoms with Crippen LogP contribution in [0.3, 0.4) is 0 Å². The zero-order chi connectivity index (χ0) is 14.6. The van der Waals surface area contributed by atoms with E-state index in [-0.39, 0.29) is 23.8 Å². The largest absolute Gasteiger partial charge is 0.870 e. The van der Waals surface area contributed by atoms with Crippen molar-refractivity contribution in [2.75, 3.05) is 14.2 Å². The number of carboxylic acids is 1. The Kier molecular flexibility index (Phi) is 6.45. The van der Waals surface area contributed by atoms with Gasteiger partial charge >= 0.3 is 17.6 Å². The zero-order valence-corrected chi connectivity index (χ0v) is 11.1. The molecule has 0 spiro atoms. The van der Waals surface area contributed by atoms with Crippen molar-refractivity contribution in [3.8, 4) is 0 Å². The fourth-order valence-electron chi connectivity index (χ4n) is 1.51. The molecule has 1 aromatic rings. The highest BCUT2D eigenvalue weighted by Gasteiger charge is 2.36. The van der Waals surface area contributed by atoms with Gasteiger partial charge in [-0.05, 0) is 12.1 Å². The predicted molar refractivity (Wildman–Crippen MR) is 63.1 cm³/mol. The fourth-order valence-corrected chi connectivity index (χ4v) is 1.51. The highest BCUT2D eigenvalue weighted by atomic mass is 16.5. The molecule has 0 aromatic carbocycles. The number of carboxylic acid groups (broad SMARTS) is 1. The van der Waals surface area contributed by atoms with Gasteiger partial charge in [0, 0.05) is 7.11 Å². The maximum Gasteiger partial charge on any atom is 0.406 e. The van der Waals surface area contributed by atoms with Gasteiger partial charge in [0.25, 0.3) is 0 Å². The lowest BCUT2D eigenvalue weighted by Crippen LogP contribution is -2.46. The van der Waals surface area contributed by atoms with E-state index in [2.05, 4.69) is 15.0 Å². The Morgan fingerprint density at radius 2 is 2.05 bits per heavy atom. The molecule has 3 N–H and O–H groups in total. The van der Waals surface area contributed by atoms with Crippen LogP contribution in [0.25, 0.3) is 0 Å². The smallest absolute Gasteiger partial charge is 0.406 e. The first kappa shape index (κ1) is 17.7. The van der Waals surface area contributed by atoms with Crippen molar-refractivity contribution >= 4 is 17.6 Å². The van der Waals surface area contributed by atoms with Crippen LogP contribution in [-0.2, 0) is 16.0 Å². The number of methoxy groups -OCH3 is 2. The third kappa shape index (κ3) is 3.36. The molecule has 0 aliphatic rings. The standard InChI is InChI=1S/C10H13N3O6.H2O/c1-5(18-2)4-13-8(9(14)15)6(12-17)7(11-13)10(16)19-3;/h5H,4H2,1-3H3,(H,14,15);1H2/t5-;/m0./s1. The minimum atomic E-state index is -1.38. The summed E-state index contributed by atoms with van der Waals surface area (Å²) < 4.78 is 10.6. The zero-order valence-electron chi connectivity index (χ0n) is 11.1. The maximum absolute atomic E-state index is 11.4. The van der Waals surface area contributed by atoms with Gasteiger partial charge in [0.05, 0.1) is 7.11 Å². The number of carbonyl (C=O) groups is 2. The summed E-state index contributed by atoms with van der Waals surface area (Å²) in [7, 11) is 2.56. The second-order valence-electron chi connectivity index (χ2n) is 3.73. The second kappa shape index (κ2) is 7.31. The van der Waals surface area contributed by atoms with E-state index in [0.29, 0.717) is 0 Å². The highest BCUT2D eigenvalue weighted by molar-refractivity contribution is 5.99. The van der Waals surface area contributed by atoms with Crippen molar-refractivity contribution in [3.05, 3.63) is 16.3 Å². The van der Waals surface area contributed by atoms with Gasteiger partial charge in [-0.25, -0.2) is 9.59 Å². The molecular formula is C10H15N3O7. The minimum Gasteiger partial charge on any atom is -0.870 e. The Bertz CT molecular complexity index is 511. The van der Waals surface area contributed by atoms with Crippen molar-refractivity contribution in [2.24, 2.45) is 5.18 Å². The topological polar surface area (TPSA) is 152 Å². The fraction of sp³-hybridized carbons (Fsp3) is 0.500. The van der Waals surface area contributed by atoms with E-state index in [1.54, 1.807) is 6.92 Å². The van der Waals surface area contributed by atoms with Gasteiger partial charge < -0.3 is 20.1 Å². The number of hydrogen-bond acceptors (Lipinski definition) is 7. The number of carbonyl (C=O) groups excluding carboxylic acids is 1.